The average Bonchev–Trinajstić information content (AvgIpc) is 2.31. The summed E-state index contributed by atoms with van der Waals surface area (Å²) in [5.41, 5.74) is -0.0485. The van der Waals surface area contributed by atoms with E-state index in [4.69, 9.17) is 0 Å². The molecular formula is C13H24O. The Hall–Kier alpha value is -0.330. The lowest BCUT2D eigenvalue weighted by Gasteiger charge is -2.25. The van der Waals surface area contributed by atoms with Gasteiger partial charge >= 0.3 is 0 Å². The van der Waals surface area contributed by atoms with Gasteiger partial charge in [0.15, 0.2) is 0 Å². The van der Waals surface area contributed by atoms with E-state index in [1.807, 2.05) is 0 Å². The molecule has 1 rings (SSSR count). The van der Waals surface area contributed by atoms with Gasteiger partial charge in [-0.3, -0.25) is 4.79 Å². The molecule has 1 saturated carbocycles. The summed E-state index contributed by atoms with van der Waals surface area (Å²) in [5.74, 6) is 1.42. The second-order valence-electron chi connectivity index (χ2n) is 5.42. The van der Waals surface area contributed by atoms with E-state index in [-0.39, 0.29) is 5.41 Å². The van der Waals surface area contributed by atoms with Crippen molar-refractivity contribution in [3.05, 3.63) is 0 Å². The van der Waals surface area contributed by atoms with Crippen LogP contribution in [0.1, 0.15) is 59.8 Å². The van der Waals surface area contributed by atoms with Crippen LogP contribution < -0.4 is 0 Å². The lowest BCUT2D eigenvalue weighted by Crippen LogP contribution is -2.26. The number of carbonyl (C=O) groups excluding carboxylic acids is 1. The number of hydrogen-bond acceptors (Lipinski definition) is 1. The molecule has 1 fully saturated rings. The lowest BCUT2D eigenvalue weighted by atomic mass is 9.78. The highest BCUT2D eigenvalue weighted by molar-refractivity contribution is 5.88. The molecule has 0 aromatic rings. The van der Waals surface area contributed by atoms with Gasteiger partial charge in [0.1, 0.15) is 5.78 Å². The smallest absolute Gasteiger partial charge is 0.141 e. The number of Topliss-reactive ketones (excluding diaryl/α,β-unsaturated/α-hetero) is 1. The SMILES string of the molecule is CCCCCC1CC(C)C(=O)C1(C)C. The molecule has 82 valence electrons. The first kappa shape index (κ1) is 11.7. The van der Waals surface area contributed by atoms with Crippen LogP contribution >= 0.6 is 0 Å². The summed E-state index contributed by atoms with van der Waals surface area (Å²) in [6.07, 6.45) is 6.25. The van der Waals surface area contributed by atoms with Gasteiger partial charge in [-0.1, -0.05) is 47.0 Å². The van der Waals surface area contributed by atoms with Crippen LogP contribution in [0.3, 0.4) is 0 Å². The predicted octanol–water partition coefficient (Wildman–Crippen LogP) is 3.82. The monoisotopic (exact) mass is 196 g/mol. The number of rotatable bonds is 4. The molecule has 14 heavy (non-hydrogen) atoms. The van der Waals surface area contributed by atoms with Crippen molar-refractivity contribution in [2.45, 2.75) is 59.8 Å². The highest BCUT2D eigenvalue weighted by Crippen LogP contribution is 2.45. The summed E-state index contributed by atoms with van der Waals surface area (Å²) < 4.78 is 0. The van der Waals surface area contributed by atoms with E-state index in [1.165, 1.54) is 25.7 Å². The Bertz CT molecular complexity index is 205. The molecule has 0 radical (unpaired) electrons. The molecule has 1 aliphatic carbocycles. The van der Waals surface area contributed by atoms with Crippen molar-refractivity contribution in [2.24, 2.45) is 17.3 Å². The minimum absolute atomic E-state index is 0.0485. The van der Waals surface area contributed by atoms with Crippen LogP contribution in [0.5, 0.6) is 0 Å². The fourth-order valence-corrected chi connectivity index (χ4v) is 2.78. The summed E-state index contributed by atoms with van der Waals surface area (Å²) in [6, 6.07) is 0. The minimum atomic E-state index is -0.0485. The van der Waals surface area contributed by atoms with Crippen LogP contribution in [0.15, 0.2) is 0 Å². The van der Waals surface area contributed by atoms with E-state index in [2.05, 4.69) is 27.7 Å². The van der Waals surface area contributed by atoms with Crippen molar-refractivity contribution in [3.8, 4) is 0 Å². The zero-order valence-corrected chi connectivity index (χ0v) is 10.1. The first-order valence-corrected chi connectivity index (χ1v) is 6.04. The minimum Gasteiger partial charge on any atom is -0.299 e. The van der Waals surface area contributed by atoms with Crippen molar-refractivity contribution < 1.29 is 4.79 Å². The zero-order valence-electron chi connectivity index (χ0n) is 10.1. The molecule has 2 unspecified atom stereocenters. The molecule has 1 aliphatic rings. The van der Waals surface area contributed by atoms with Gasteiger partial charge in [-0.05, 0) is 18.8 Å². The van der Waals surface area contributed by atoms with Gasteiger partial charge < -0.3 is 0 Å². The van der Waals surface area contributed by atoms with E-state index >= 15 is 0 Å². The zero-order chi connectivity index (χ0) is 10.8. The molecule has 0 aromatic heterocycles. The lowest BCUT2D eigenvalue weighted by molar-refractivity contribution is -0.128. The third-order valence-corrected chi connectivity index (χ3v) is 3.90. The van der Waals surface area contributed by atoms with E-state index in [0.29, 0.717) is 17.6 Å². The van der Waals surface area contributed by atoms with Gasteiger partial charge in [0.05, 0.1) is 0 Å². The molecule has 0 amide bonds. The Labute approximate surface area is 88.3 Å². The molecule has 0 aliphatic heterocycles. The van der Waals surface area contributed by atoms with E-state index in [9.17, 15) is 4.79 Å². The van der Waals surface area contributed by atoms with Crippen molar-refractivity contribution in [3.63, 3.8) is 0 Å². The Morgan fingerprint density at radius 1 is 1.36 bits per heavy atom. The van der Waals surface area contributed by atoms with Gasteiger partial charge in [-0.2, -0.15) is 0 Å². The number of ketones is 1. The van der Waals surface area contributed by atoms with Crippen LogP contribution in [0.4, 0.5) is 0 Å². The third kappa shape index (κ3) is 2.18. The van der Waals surface area contributed by atoms with Gasteiger partial charge in [0, 0.05) is 11.3 Å². The largest absolute Gasteiger partial charge is 0.299 e. The van der Waals surface area contributed by atoms with Crippen LogP contribution in [-0.4, -0.2) is 5.78 Å². The summed E-state index contributed by atoms with van der Waals surface area (Å²) in [6.45, 7) is 8.59. The van der Waals surface area contributed by atoms with Crippen LogP contribution in [0, 0.1) is 17.3 Å². The maximum Gasteiger partial charge on any atom is 0.141 e. The van der Waals surface area contributed by atoms with Gasteiger partial charge in [0.25, 0.3) is 0 Å². The quantitative estimate of drug-likeness (QED) is 0.625. The van der Waals surface area contributed by atoms with Gasteiger partial charge in [0.2, 0.25) is 0 Å². The first-order valence-electron chi connectivity index (χ1n) is 6.04. The second-order valence-corrected chi connectivity index (χ2v) is 5.42. The first-order chi connectivity index (χ1) is 6.50. The van der Waals surface area contributed by atoms with Crippen molar-refractivity contribution in [1.29, 1.82) is 0 Å². The van der Waals surface area contributed by atoms with E-state index in [1.54, 1.807) is 0 Å². The average molecular weight is 196 g/mol. The van der Waals surface area contributed by atoms with E-state index < -0.39 is 0 Å². The highest BCUT2D eigenvalue weighted by atomic mass is 16.1. The van der Waals surface area contributed by atoms with Gasteiger partial charge in [-0.25, -0.2) is 0 Å². The fraction of sp³-hybridized carbons (Fsp3) is 0.923. The Kier molecular flexibility index (Phi) is 3.74. The topological polar surface area (TPSA) is 17.1 Å². The van der Waals surface area contributed by atoms with Crippen molar-refractivity contribution in [1.82, 2.24) is 0 Å². The molecule has 0 saturated heterocycles. The fourth-order valence-electron chi connectivity index (χ4n) is 2.78. The Balaban J connectivity index is 2.50. The Morgan fingerprint density at radius 3 is 2.43 bits per heavy atom. The summed E-state index contributed by atoms with van der Waals surface area (Å²) in [7, 11) is 0. The van der Waals surface area contributed by atoms with Crippen LogP contribution in [0.25, 0.3) is 0 Å². The number of carbonyl (C=O) groups is 1. The third-order valence-electron chi connectivity index (χ3n) is 3.90. The molecule has 1 heteroatoms. The molecule has 0 spiro atoms. The summed E-state index contributed by atoms with van der Waals surface area (Å²) >= 11 is 0. The van der Waals surface area contributed by atoms with Gasteiger partial charge in [-0.15, -0.1) is 0 Å². The Morgan fingerprint density at radius 2 is 2.00 bits per heavy atom. The number of hydrogen-bond donors (Lipinski definition) is 0. The summed E-state index contributed by atoms with van der Waals surface area (Å²) in [5, 5.41) is 0. The summed E-state index contributed by atoms with van der Waals surface area (Å²) in [4.78, 5) is 11.9. The molecule has 0 heterocycles. The van der Waals surface area contributed by atoms with Crippen molar-refractivity contribution >= 4 is 5.78 Å². The molecule has 0 aromatic carbocycles. The maximum atomic E-state index is 11.9. The predicted molar refractivity (Wildman–Crippen MR) is 60.2 cm³/mol. The molecule has 2 atom stereocenters. The number of unbranched alkanes of at least 4 members (excludes halogenated alkanes) is 2. The van der Waals surface area contributed by atoms with E-state index in [0.717, 1.165) is 6.42 Å². The molecule has 1 nitrogen and oxygen atoms in total. The molecule has 0 bridgehead atoms. The normalized spacial score (nSPS) is 31.0. The van der Waals surface area contributed by atoms with Crippen LogP contribution in [0.2, 0.25) is 0 Å². The molecular weight excluding hydrogens is 172 g/mol. The molecule has 0 N–H and O–H groups in total. The maximum absolute atomic E-state index is 11.9. The standard InChI is InChI=1S/C13H24O/c1-5-6-7-8-11-9-10(2)12(14)13(11,3)4/h10-11H,5-9H2,1-4H3. The highest BCUT2D eigenvalue weighted by Gasteiger charge is 2.45. The van der Waals surface area contributed by atoms with Crippen LogP contribution in [-0.2, 0) is 4.79 Å². The van der Waals surface area contributed by atoms with Crippen molar-refractivity contribution in [2.75, 3.05) is 0 Å². The second kappa shape index (κ2) is 4.46.